The minimum absolute atomic E-state index is 0.225. The average molecular weight is 325 g/mol. The summed E-state index contributed by atoms with van der Waals surface area (Å²) < 4.78 is 35.0. The molecule has 2 rings (SSSR count). The van der Waals surface area contributed by atoms with Gasteiger partial charge in [0, 0.05) is 12.0 Å². The van der Waals surface area contributed by atoms with Crippen LogP contribution in [-0.2, 0) is 0 Å². The topological polar surface area (TPSA) is 0 Å². The Hall–Kier alpha value is -2.00. The van der Waals surface area contributed by atoms with E-state index in [2.05, 4.69) is 6.58 Å². The van der Waals surface area contributed by atoms with Gasteiger partial charge < -0.3 is 0 Å². The fraction of sp³-hybridized carbons (Fsp3) is 0.111. The monoisotopic (exact) mass is 324 g/mol. The summed E-state index contributed by atoms with van der Waals surface area (Å²) in [6.45, 7) is 3.81. The van der Waals surface area contributed by atoms with Crippen molar-refractivity contribution in [1.29, 1.82) is 0 Å². The maximum Gasteiger partial charge on any atom is 0.409 e. The Bertz CT molecular complexity index is 587. The van der Waals surface area contributed by atoms with E-state index >= 15 is 0 Å². The molecule has 0 spiro atoms. The van der Waals surface area contributed by atoms with Crippen LogP contribution in [0.5, 0.6) is 0 Å². The van der Waals surface area contributed by atoms with E-state index in [1.807, 2.05) is 30.3 Å². The van der Waals surface area contributed by atoms with Crippen LogP contribution in [0.15, 0.2) is 73.3 Å². The second-order valence-corrected chi connectivity index (χ2v) is 4.66. The van der Waals surface area contributed by atoms with Crippen LogP contribution in [0.1, 0.15) is 11.1 Å². The van der Waals surface area contributed by atoms with Crippen molar-refractivity contribution in [1.82, 2.24) is 0 Å². The highest BCUT2D eigenvalue weighted by Crippen LogP contribution is 2.17. The predicted molar refractivity (Wildman–Crippen MR) is 87.7 cm³/mol. The second-order valence-electron chi connectivity index (χ2n) is 4.39. The van der Waals surface area contributed by atoms with Gasteiger partial charge in [0.1, 0.15) is 0 Å². The van der Waals surface area contributed by atoms with Crippen LogP contribution in [0.4, 0.5) is 13.2 Å². The first-order valence-corrected chi connectivity index (χ1v) is 7.06. The van der Waals surface area contributed by atoms with Gasteiger partial charge in [-0.25, -0.2) is 0 Å². The third kappa shape index (κ3) is 7.70. The summed E-state index contributed by atoms with van der Waals surface area (Å²) in [5.74, 6) is 0.504. The van der Waals surface area contributed by atoms with Gasteiger partial charge in [0.15, 0.2) is 0 Å². The minimum Gasteiger partial charge on any atom is -0.167 e. The van der Waals surface area contributed by atoms with Crippen molar-refractivity contribution in [2.75, 3.05) is 5.88 Å². The molecule has 0 N–H and O–H groups in total. The third-order valence-electron chi connectivity index (χ3n) is 2.61. The first kappa shape index (κ1) is 18.1. The van der Waals surface area contributed by atoms with Crippen molar-refractivity contribution < 1.29 is 13.2 Å². The quantitative estimate of drug-likeness (QED) is 0.589. The van der Waals surface area contributed by atoms with Gasteiger partial charge in [0.05, 0.1) is 0 Å². The van der Waals surface area contributed by atoms with Crippen LogP contribution in [0, 0.1) is 0 Å². The van der Waals surface area contributed by atoms with E-state index in [1.54, 1.807) is 30.3 Å². The molecule has 4 heteroatoms. The van der Waals surface area contributed by atoms with Crippen molar-refractivity contribution >= 4 is 23.3 Å². The molecule has 2 aromatic rings. The zero-order chi connectivity index (χ0) is 16.4. The van der Waals surface area contributed by atoms with Gasteiger partial charge in [-0.05, 0) is 16.7 Å². The normalized spacial score (nSPS) is 10.9. The lowest BCUT2D eigenvalue weighted by molar-refractivity contribution is -0.0790. The van der Waals surface area contributed by atoms with Crippen LogP contribution in [0.2, 0.25) is 0 Å². The molecule has 0 bridgehead atoms. The summed E-state index contributed by atoms with van der Waals surface area (Å²) in [5, 5.41) is 0. The van der Waals surface area contributed by atoms with Gasteiger partial charge in [-0.3, -0.25) is 0 Å². The molecule has 0 amide bonds. The van der Waals surface area contributed by atoms with E-state index in [0.717, 1.165) is 17.2 Å². The van der Waals surface area contributed by atoms with Crippen molar-refractivity contribution in [3.8, 4) is 0 Å². The highest BCUT2D eigenvalue weighted by molar-refractivity contribution is 6.23. The Balaban J connectivity index is 0.000000224. The molecule has 0 nitrogen and oxygen atoms in total. The molecule has 22 heavy (non-hydrogen) atoms. The molecule has 0 saturated heterocycles. The molecule has 0 heterocycles. The van der Waals surface area contributed by atoms with E-state index in [9.17, 15) is 13.2 Å². The Morgan fingerprint density at radius 1 is 0.955 bits per heavy atom. The Labute approximate surface area is 133 Å². The molecule has 0 aromatic heterocycles. The standard InChI is InChI=1S/C9H9Cl.C9H7F3/c1-8(7-10)9-5-3-2-4-6-9;10-9(11,12)7-6-8-4-2-1-3-5-8/h2-6H,1,7H2;1-7H. The van der Waals surface area contributed by atoms with Gasteiger partial charge in [0.2, 0.25) is 0 Å². The summed E-state index contributed by atoms with van der Waals surface area (Å²) in [6.07, 6.45) is -2.96. The number of hydrogen-bond donors (Lipinski definition) is 0. The first-order valence-electron chi connectivity index (χ1n) is 6.52. The van der Waals surface area contributed by atoms with Gasteiger partial charge in [-0.2, -0.15) is 13.2 Å². The fourth-order valence-electron chi connectivity index (χ4n) is 1.51. The highest BCUT2D eigenvalue weighted by atomic mass is 35.5. The molecule has 0 atom stereocenters. The minimum atomic E-state index is -4.23. The largest absolute Gasteiger partial charge is 0.409 e. The Morgan fingerprint density at radius 2 is 1.45 bits per heavy atom. The molecule has 0 fully saturated rings. The van der Waals surface area contributed by atoms with Crippen molar-refractivity contribution in [3.05, 3.63) is 84.4 Å². The average Bonchev–Trinajstić information content (AvgIpc) is 2.54. The van der Waals surface area contributed by atoms with Crippen LogP contribution in [0.3, 0.4) is 0 Å². The number of halogens is 4. The molecule has 0 aliphatic heterocycles. The molecule has 0 unspecified atom stereocenters. The lowest BCUT2D eigenvalue weighted by atomic mass is 10.1. The first-order chi connectivity index (χ1) is 10.4. The zero-order valence-corrected chi connectivity index (χ0v) is 12.6. The van der Waals surface area contributed by atoms with Gasteiger partial charge in [-0.15, -0.1) is 11.6 Å². The van der Waals surface area contributed by atoms with Crippen molar-refractivity contribution in [3.63, 3.8) is 0 Å². The number of hydrogen-bond acceptors (Lipinski definition) is 0. The summed E-state index contributed by atoms with van der Waals surface area (Å²) >= 11 is 5.59. The molecule has 0 aliphatic rings. The number of rotatable bonds is 3. The molecule has 0 aliphatic carbocycles. The fourth-order valence-corrected chi connectivity index (χ4v) is 1.66. The van der Waals surface area contributed by atoms with Gasteiger partial charge >= 0.3 is 6.18 Å². The van der Waals surface area contributed by atoms with E-state index in [-0.39, 0.29) is 6.08 Å². The lowest BCUT2D eigenvalue weighted by Gasteiger charge is -1.98. The molecule has 116 valence electrons. The molecule has 0 radical (unpaired) electrons. The number of allylic oxidation sites excluding steroid dienone is 2. The third-order valence-corrected chi connectivity index (χ3v) is 2.93. The zero-order valence-electron chi connectivity index (χ0n) is 11.9. The smallest absolute Gasteiger partial charge is 0.167 e. The van der Waals surface area contributed by atoms with E-state index in [0.29, 0.717) is 11.4 Å². The summed E-state index contributed by atoms with van der Waals surface area (Å²) in [5.41, 5.74) is 2.65. The van der Waals surface area contributed by atoms with Crippen LogP contribution < -0.4 is 0 Å². The number of alkyl halides is 4. The maximum atomic E-state index is 11.7. The second kappa shape index (κ2) is 9.11. The maximum absolute atomic E-state index is 11.7. The van der Waals surface area contributed by atoms with E-state index < -0.39 is 6.18 Å². The van der Waals surface area contributed by atoms with Crippen LogP contribution in [-0.4, -0.2) is 12.1 Å². The summed E-state index contributed by atoms with van der Waals surface area (Å²) in [7, 11) is 0. The van der Waals surface area contributed by atoms with Crippen LogP contribution in [0.25, 0.3) is 11.6 Å². The summed E-state index contributed by atoms with van der Waals surface area (Å²) in [6, 6.07) is 18.3. The predicted octanol–water partition coefficient (Wildman–Crippen LogP) is 6.20. The summed E-state index contributed by atoms with van der Waals surface area (Å²) in [4.78, 5) is 0. The van der Waals surface area contributed by atoms with Crippen molar-refractivity contribution in [2.24, 2.45) is 0 Å². The Kier molecular flexibility index (Phi) is 7.47. The molecular formula is C18H16ClF3. The van der Waals surface area contributed by atoms with Gasteiger partial charge in [-0.1, -0.05) is 73.3 Å². The lowest BCUT2D eigenvalue weighted by Crippen LogP contribution is -1.99. The van der Waals surface area contributed by atoms with E-state index in [4.69, 9.17) is 11.6 Å². The molecule has 0 saturated carbocycles. The molecular weight excluding hydrogens is 309 g/mol. The van der Waals surface area contributed by atoms with Gasteiger partial charge in [0.25, 0.3) is 0 Å². The molecule has 2 aromatic carbocycles. The Morgan fingerprint density at radius 3 is 1.91 bits per heavy atom. The number of benzene rings is 2. The SMILES string of the molecule is C=C(CCl)c1ccccc1.FC(F)(F)C=Cc1ccccc1. The highest BCUT2D eigenvalue weighted by Gasteiger charge is 2.21. The van der Waals surface area contributed by atoms with Crippen molar-refractivity contribution in [2.45, 2.75) is 6.18 Å². The van der Waals surface area contributed by atoms with Crippen LogP contribution >= 0.6 is 11.6 Å². The van der Waals surface area contributed by atoms with E-state index in [1.165, 1.54) is 0 Å².